The van der Waals surface area contributed by atoms with Crippen LogP contribution >= 0.6 is 0 Å². The number of fused-ring (bicyclic) bond motifs is 2. The number of phenols is 1. The first-order chi connectivity index (χ1) is 26.2. The van der Waals surface area contributed by atoms with Crippen LogP contribution in [0.3, 0.4) is 0 Å². The SMILES string of the molecule is CC1CN(CC2CN(c3ccc4c(c3)C(=O)N(C3CCC(=O)NC3=O)C4)C2)CC(C)[N-]1.CC1CN2C(/C=C(\N)c3cc(F)cc(F)c3O)=C(N)NCC2C[N-]1.[Y]. The van der Waals surface area contributed by atoms with E-state index >= 15 is 0 Å². The van der Waals surface area contributed by atoms with Crippen LogP contribution in [0.5, 0.6) is 5.75 Å². The molecule has 3 amide bonds. The van der Waals surface area contributed by atoms with Gasteiger partial charge in [-0.3, -0.25) is 19.7 Å². The summed E-state index contributed by atoms with van der Waals surface area (Å²) in [6.45, 7) is 14.0. The predicted molar refractivity (Wildman–Crippen MR) is 204 cm³/mol. The third-order valence-electron chi connectivity index (χ3n) is 11.2. The number of rotatable bonds is 6. The average Bonchev–Trinajstić information content (AvgIpc) is 3.43. The average molecular weight is 850 g/mol. The Balaban J connectivity index is 0.000000193. The molecule has 7 N–H and O–H groups in total. The number of piperidine rings is 1. The number of anilines is 1. The van der Waals surface area contributed by atoms with Crippen LogP contribution in [0.4, 0.5) is 14.5 Å². The first-order valence-corrected chi connectivity index (χ1v) is 19.0. The number of carbonyl (C=O) groups excluding carboxylic acids is 3. The van der Waals surface area contributed by atoms with E-state index in [-0.39, 0.29) is 80.2 Å². The van der Waals surface area contributed by atoms with Crippen molar-refractivity contribution in [3.63, 3.8) is 0 Å². The molecule has 6 aliphatic rings. The van der Waals surface area contributed by atoms with Crippen LogP contribution in [0.15, 0.2) is 47.9 Å². The molecule has 17 heteroatoms. The predicted octanol–water partition coefficient (Wildman–Crippen LogP) is 2.50. The number of carbonyl (C=O) groups is 3. The second-order valence-corrected chi connectivity index (χ2v) is 15.7. The molecule has 1 radical (unpaired) electrons. The molecule has 0 spiro atoms. The van der Waals surface area contributed by atoms with E-state index in [1.807, 2.05) is 19.1 Å². The fourth-order valence-electron chi connectivity index (χ4n) is 8.51. The molecule has 4 saturated heterocycles. The summed E-state index contributed by atoms with van der Waals surface area (Å²) in [7, 11) is 0. The van der Waals surface area contributed by atoms with Gasteiger partial charge in [-0.2, -0.15) is 0 Å². The monoisotopic (exact) mass is 849 g/mol. The van der Waals surface area contributed by atoms with Crippen LogP contribution in [0.1, 0.15) is 55.1 Å². The van der Waals surface area contributed by atoms with Crippen LogP contribution in [-0.4, -0.2) is 120 Å². The number of nitrogens with two attached hydrogens (primary N) is 2. The number of phenolic OH excluding ortho intramolecular Hbond substituents is 1. The number of amides is 3. The Labute approximate surface area is 351 Å². The van der Waals surface area contributed by atoms with Crippen molar-refractivity contribution in [2.24, 2.45) is 17.4 Å². The number of piperazine rings is 2. The van der Waals surface area contributed by atoms with Crippen molar-refractivity contribution in [3.8, 4) is 5.75 Å². The van der Waals surface area contributed by atoms with Gasteiger partial charge in [0.1, 0.15) is 17.7 Å². The first kappa shape index (κ1) is 41.8. The molecule has 299 valence electrons. The number of allylic oxidation sites excluding steroid dienone is 1. The summed E-state index contributed by atoms with van der Waals surface area (Å²) in [5, 5.41) is 24.5. The molecule has 6 heterocycles. The Bertz CT molecular complexity index is 1900. The maximum Gasteiger partial charge on any atom is 0.255 e. The quantitative estimate of drug-likeness (QED) is 0.271. The van der Waals surface area contributed by atoms with Gasteiger partial charge in [0.15, 0.2) is 11.6 Å². The molecule has 0 aliphatic carbocycles. The van der Waals surface area contributed by atoms with Crippen molar-refractivity contribution in [2.45, 2.75) is 70.4 Å². The van der Waals surface area contributed by atoms with Gasteiger partial charge in [0, 0.05) is 119 Å². The van der Waals surface area contributed by atoms with E-state index in [4.69, 9.17) is 16.8 Å². The Morgan fingerprint density at radius 1 is 1.00 bits per heavy atom. The van der Waals surface area contributed by atoms with Gasteiger partial charge in [-0.05, 0) is 49.3 Å². The number of nitrogens with one attached hydrogen (secondary N) is 2. The first-order valence-electron chi connectivity index (χ1n) is 19.0. The summed E-state index contributed by atoms with van der Waals surface area (Å²) >= 11 is 0. The van der Waals surface area contributed by atoms with Gasteiger partial charge in [-0.25, -0.2) is 8.78 Å². The zero-order valence-corrected chi connectivity index (χ0v) is 34.9. The number of imide groups is 1. The summed E-state index contributed by atoms with van der Waals surface area (Å²) in [6.07, 6.45) is 2.20. The van der Waals surface area contributed by atoms with Gasteiger partial charge in [0.2, 0.25) is 11.8 Å². The standard InChI is InChI=1S/C23H30N5O3.C16H20F2N5O.Y/c1-14-8-26(9-15(2)24-14)10-16-11-27(12-16)18-4-3-17-13-28(23(31)19(17)7-18)20-5-6-21(29)25-22(20)30;1-8-7-23-10(5-21-8)6-22-16(20)14(23)4-13(19)11-2-9(17)3-12(18)15(11)24;/h3-4,7,14-16,20H,5-6,8-13H2,1-2H3,(H,25,29,30);2-4,8,10,22,24H,5-7,19-20H2,1H3;/q2*-1;/b;13-4-;. The Kier molecular flexibility index (Phi) is 12.9. The number of hydrogen-bond acceptors (Lipinski definition) is 10. The number of aromatic hydroxyl groups is 1. The second kappa shape index (κ2) is 17.3. The summed E-state index contributed by atoms with van der Waals surface area (Å²) in [5.41, 5.74) is 15.3. The molecule has 2 aromatic rings. The maximum absolute atomic E-state index is 13.5. The third-order valence-corrected chi connectivity index (χ3v) is 11.2. The molecule has 0 aromatic heterocycles. The Hall–Kier alpha value is -3.83. The summed E-state index contributed by atoms with van der Waals surface area (Å²) in [4.78, 5) is 45.2. The second-order valence-electron chi connectivity index (χ2n) is 15.7. The van der Waals surface area contributed by atoms with E-state index in [2.05, 4.69) is 50.6 Å². The van der Waals surface area contributed by atoms with E-state index in [1.165, 1.54) is 6.08 Å². The van der Waals surface area contributed by atoms with E-state index in [9.17, 15) is 28.3 Å². The van der Waals surface area contributed by atoms with E-state index in [0.717, 1.165) is 50.0 Å². The molecule has 5 unspecified atom stereocenters. The number of hydrogen-bond donors (Lipinski definition) is 5. The zero-order valence-electron chi connectivity index (χ0n) is 32.0. The van der Waals surface area contributed by atoms with Crippen molar-refractivity contribution in [2.75, 3.05) is 57.3 Å². The smallest absolute Gasteiger partial charge is 0.255 e. The van der Waals surface area contributed by atoms with Crippen molar-refractivity contribution in [1.29, 1.82) is 0 Å². The number of benzene rings is 2. The molecule has 56 heavy (non-hydrogen) atoms. The van der Waals surface area contributed by atoms with Gasteiger partial charge >= 0.3 is 0 Å². The maximum atomic E-state index is 13.5. The van der Waals surface area contributed by atoms with Crippen molar-refractivity contribution in [1.82, 2.24) is 25.3 Å². The van der Waals surface area contributed by atoms with Gasteiger partial charge in [0.05, 0.1) is 5.70 Å². The van der Waals surface area contributed by atoms with Gasteiger partial charge < -0.3 is 52.1 Å². The van der Waals surface area contributed by atoms with Crippen molar-refractivity contribution < 1.29 is 61.0 Å². The van der Waals surface area contributed by atoms with E-state index in [1.54, 1.807) is 4.90 Å². The Morgan fingerprint density at radius 2 is 1.73 bits per heavy atom. The molecule has 0 saturated carbocycles. The molecule has 8 rings (SSSR count). The fourth-order valence-corrected chi connectivity index (χ4v) is 8.51. The van der Waals surface area contributed by atoms with Crippen LogP contribution in [0.2, 0.25) is 0 Å². The topological polar surface area (TPSA) is 189 Å². The summed E-state index contributed by atoms with van der Waals surface area (Å²) < 4.78 is 27.0. The van der Waals surface area contributed by atoms with Crippen LogP contribution in [0, 0.1) is 17.6 Å². The molecule has 0 bridgehead atoms. The minimum absolute atomic E-state index is 0. The summed E-state index contributed by atoms with van der Waals surface area (Å²) in [6, 6.07) is 8.22. The van der Waals surface area contributed by atoms with Gasteiger partial charge in [-0.1, -0.05) is 26.8 Å². The van der Waals surface area contributed by atoms with E-state index < -0.39 is 23.4 Å². The van der Waals surface area contributed by atoms with Gasteiger partial charge in [0.25, 0.3) is 5.91 Å². The summed E-state index contributed by atoms with van der Waals surface area (Å²) in [5.74, 6) is -2.23. The molecule has 5 atom stereocenters. The normalized spacial score (nSPS) is 27.0. The molecule has 6 aliphatic heterocycles. The minimum atomic E-state index is -1.06. The Morgan fingerprint density at radius 3 is 2.45 bits per heavy atom. The minimum Gasteiger partial charge on any atom is -0.657 e. The fraction of sp³-hybridized carbons (Fsp3) is 0.513. The van der Waals surface area contributed by atoms with Crippen molar-refractivity contribution in [3.05, 3.63) is 86.9 Å². The molecule has 4 fully saturated rings. The largest absolute Gasteiger partial charge is 0.657 e. The van der Waals surface area contributed by atoms with Crippen LogP contribution in [-0.2, 0) is 48.8 Å². The number of nitrogens with zero attached hydrogens (tertiary/aromatic N) is 6. The molecular weight excluding hydrogens is 799 g/mol. The number of halogens is 2. The van der Waals surface area contributed by atoms with Crippen LogP contribution in [0.25, 0.3) is 16.3 Å². The molecule has 2 aromatic carbocycles. The van der Waals surface area contributed by atoms with Crippen LogP contribution < -0.4 is 27.0 Å². The zero-order chi connectivity index (χ0) is 39.1. The van der Waals surface area contributed by atoms with Crippen molar-refractivity contribution >= 4 is 29.1 Å². The van der Waals surface area contributed by atoms with Gasteiger partial charge in [-0.15, -0.1) is 24.7 Å². The molecular formula is C39H50F2N10O4Y-2. The molecule has 14 nitrogen and oxygen atoms in total. The third kappa shape index (κ3) is 8.99. The van der Waals surface area contributed by atoms with E-state index in [0.29, 0.717) is 73.7 Å².